The van der Waals surface area contributed by atoms with Gasteiger partial charge in [-0.25, -0.2) is 8.42 Å². The van der Waals surface area contributed by atoms with Crippen LogP contribution < -0.4 is 10.1 Å². The summed E-state index contributed by atoms with van der Waals surface area (Å²) in [6.07, 6.45) is 2.19. The zero-order valence-corrected chi connectivity index (χ0v) is 18.3. The second kappa shape index (κ2) is 9.34. The molecule has 6 nitrogen and oxygen atoms in total. The van der Waals surface area contributed by atoms with Gasteiger partial charge in [0, 0.05) is 19.5 Å². The van der Waals surface area contributed by atoms with Gasteiger partial charge in [0.15, 0.2) is 0 Å². The van der Waals surface area contributed by atoms with Crippen molar-refractivity contribution in [3.63, 3.8) is 0 Å². The first-order valence-corrected chi connectivity index (χ1v) is 11.4. The number of sulfonamides is 1. The van der Waals surface area contributed by atoms with Crippen LogP contribution in [0, 0.1) is 0 Å². The number of carbonyl (C=O) groups excluding carboxylic acids is 1. The topological polar surface area (TPSA) is 75.7 Å². The van der Waals surface area contributed by atoms with Crippen molar-refractivity contribution in [2.45, 2.75) is 30.6 Å². The Morgan fingerprint density at radius 2 is 1.90 bits per heavy atom. The summed E-state index contributed by atoms with van der Waals surface area (Å²) in [6, 6.07) is 9.75. The molecule has 2 aromatic carbocycles. The summed E-state index contributed by atoms with van der Waals surface area (Å²) in [6.45, 7) is 1.07. The van der Waals surface area contributed by atoms with Gasteiger partial charge in [0.2, 0.25) is 15.9 Å². The van der Waals surface area contributed by atoms with E-state index in [2.05, 4.69) is 5.32 Å². The second-order valence-electron chi connectivity index (χ2n) is 6.73. The number of ether oxygens (including phenoxy) is 1. The van der Waals surface area contributed by atoms with E-state index in [1.165, 1.54) is 11.4 Å². The summed E-state index contributed by atoms with van der Waals surface area (Å²) >= 11 is 12.1. The molecule has 1 fully saturated rings. The van der Waals surface area contributed by atoms with E-state index in [-0.39, 0.29) is 22.2 Å². The minimum Gasteiger partial charge on any atom is -0.496 e. The molecule has 1 heterocycles. The van der Waals surface area contributed by atoms with Crippen LogP contribution in [0.3, 0.4) is 0 Å². The van der Waals surface area contributed by atoms with Crippen molar-refractivity contribution in [1.82, 2.24) is 4.31 Å². The van der Waals surface area contributed by atoms with Gasteiger partial charge in [-0.05, 0) is 55.2 Å². The maximum absolute atomic E-state index is 12.8. The van der Waals surface area contributed by atoms with Crippen LogP contribution in [0.1, 0.15) is 24.8 Å². The number of anilines is 1. The van der Waals surface area contributed by atoms with Crippen LogP contribution in [-0.2, 0) is 21.2 Å². The largest absolute Gasteiger partial charge is 0.496 e. The molecule has 2 aromatic rings. The Hall–Kier alpha value is -1.80. The van der Waals surface area contributed by atoms with Crippen molar-refractivity contribution in [2.24, 2.45) is 0 Å². The molecule has 29 heavy (non-hydrogen) atoms. The average molecular weight is 457 g/mol. The van der Waals surface area contributed by atoms with Crippen molar-refractivity contribution in [3.8, 4) is 5.75 Å². The Balaban J connectivity index is 1.74. The lowest BCUT2D eigenvalue weighted by Gasteiger charge is -2.17. The number of benzene rings is 2. The van der Waals surface area contributed by atoms with Crippen molar-refractivity contribution < 1.29 is 17.9 Å². The first-order valence-electron chi connectivity index (χ1n) is 9.24. The first-order chi connectivity index (χ1) is 13.8. The summed E-state index contributed by atoms with van der Waals surface area (Å²) < 4.78 is 32.5. The average Bonchev–Trinajstić information content (AvgIpc) is 3.25. The van der Waals surface area contributed by atoms with Gasteiger partial charge in [-0.1, -0.05) is 29.3 Å². The molecule has 1 saturated heterocycles. The molecular formula is C20H22Cl2N2O4S. The molecule has 156 valence electrons. The molecule has 0 bridgehead atoms. The van der Waals surface area contributed by atoms with Gasteiger partial charge < -0.3 is 10.1 Å². The number of hydrogen-bond donors (Lipinski definition) is 1. The Kier molecular flexibility index (Phi) is 7.05. The SMILES string of the molecule is COc1ccc(S(=O)(=O)N2CCCC2)cc1CCC(=O)Nc1cccc(Cl)c1Cl. The standard InChI is InChI=1S/C20H22Cl2N2O4S/c1-28-18-9-8-15(29(26,27)24-11-2-3-12-24)13-14(18)7-10-19(25)23-17-6-4-5-16(21)20(17)22/h4-6,8-9,13H,2-3,7,10-12H2,1H3,(H,23,25). The summed E-state index contributed by atoms with van der Waals surface area (Å²) in [5.41, 5.74) is 1.08. The normalized spacial score (nSPS) is 14.7. The fourth-order valence-corrected chi connectivity index (χ4v) is 5.17. The van der Waals surface area contributed by atoms with Gasteiger partial charge in [0.05, 0.1) is 27.7 Å². The van der Waals surface area contributed by atoms with Crippen molar-refractivity contribution in [2.75, 3.05) is 25.5 Å². The van der Waals surface area contributed by atoms with Crippen molar-refractivity contribution >= 4 is 44.8 Å². The molecule has 0 radical (unpaired) electrons. The predicted octanol–water partition coefficient (Wildman–Crippen LogP) is 4.36. The van der Waals surface area contributed by atoms with E-state index in [4.69, 9.17) is 27.9 Å². The fraction of sp³-hybridized carbons (Fsp3) is 0.350. The molecule has 1 N–H and O–H groups in total. The highest BCUT2D eigenvalue weighted by Crippen LogP contribution is 2.30. The lowest BCUT2D eigenvalue weighted by atomic mass is 10.1. The molecule has 0 unspecified atom stereocenters. The van der Waals surface area contributed by atoms with E-state index in [1.54, 1.807) is 36.4 Å². The number of nitrogens with one attached hydrogen (secondary N) is 1. The number of halogens is 2. The summed E-state index contributed by atoms with van der Waals surface area (Å²) in [4.78, 5) is 12.6. The van der Waals surface area contributed by atoms with Crippen LogP contribution in [-0.4, -0.2) is 38.8 Å². The number of methoxy groups -OCH3 is 1. The second-order valence-corrected chi connectivity index (χ2v) is 9.46. The van der Waals surface area contributed by atoms with Gasteiger partial charge in [-0.15, -0.1) is 0 Å². The minimum absolute atomic E-state index is 0.131. The third-order valence-electron chi connectivity index (χ3n) is 4.80. The highest BCUT2D eigenvalue weighted by molar-refractivity contribution is 7.89. The highest BCUT2D eigenvalue weighted by atomic mass is 35.5. The Labute approximate surface area is 180 Å². The van der Waals surface area contributed by atoms with Gasteiger partial charge in [-0.2, -0.15) is 4.31 Å². The Morgan fingerprint density at radius 3 is 2.59 bits per heavy atom. The van der Waals surface area contributed by atoms with Gasteiger partial charge in [0.25, 0.3) is 0 Å². The molecule has 9 heteroatoms. The van der Waals surface area contributed by atoms with Gasteiger partial charge >= 0.3 is 0 Å². The molecule has 0 atom stereocenters. The maximum atomic E-state index is 12.8. The summed E-state index contributed by atoms with van der Waals surface area (Å²) in [5, 5.41) is 3.36. The zero-order valence-electron chi connectivity index (χ0n) is 16.0. The van der Waals surface area contributed by atoms with E-state index in [1.807, 2.05) is 0 Å². The summed E-state index contributed by atoms with van der Waals surface area (Å²) in [5.74, 6) is 0.281. The van der Waals surface area contributed by atoms with E-state index in [0.29, 0.717) is 41.5 Å². The molecule has 0 aliphatic carbocycles. The predicted molar refractivity (Wildman–Crippen MR) is 114 cm³/mol. The highest BCUT2D eigenvalue weighted by Gasteiger charge is 2.27. The fourth-order valence-electron chi connectivity index (χ4n) is 3.25. The Morgan fingerprint density at radius 1 is 1.17 bits per heavy atom. The zero-order chi connectivity index (χ0) is 21.0. The van der Waals surface area contributed by atoms with Crippen LogP contribution in [0.2, 0.25) is 10.0 Å². The van der Waals surface area contributed by atoms with Crippen LogP contribution in [0.25, 0.3) is 0 Å². The molecule has 0 spiro atoms. The van der Waals surface area contributed by atoms with Gasteiger partial charge in [0.1, 0.15) is 5.75 Å². The molecular weight excluding hydrogens is 435 g/mol. The number of aryl methyl sites for hydroxylation is 1. The summed E-state index contributed by atoms with van der Waals surface area (Å²) in [7, 11) is -2.03. The monoisotopic (exact) mass is 456 g/mol. The molecule has 1 aliphatic heterocycles. The van der Waals surface area contributed by atoms with Crippen LogP contribution in [0.15, 0.2) is 41.3 Å². The van der Waals surface area contributed by atoms with Gasteiger partial charge in [-0.3, -0.25) is 4.79 Å². The van der Waals surface area contributed by atoms with Crippen LogP contribution in [0.5, 0.6) is 5.75 Å². The van der Waals surface area contributed by atoms with E-state index < -0.39 is 10.0 Å². The van der Waals surface area contributed by atoms with Crippen molar-refractivity contribution in [1.29, 1.82) is 0 Å². The molecule has 3 rings (SSSR count). The maximum Gasteiger partial charge on any atom is 0.243 e. The number of nitrogens with zero attached hydrogens (tertiary/aromatic N) is 1. The minimum atomic E-state index is -3.54. The third-order valence-corrected chi connectivity index (χ3v) is 7.52. The smallest absolute Gasteiger partial charge is 0.243 e. The van der Waals surface area contributed by atoms with E-state index in [0.717, 1.165) is 12.8 Å². The third kappa shape index (κ3) is 5.04. The molecule has 0 saturated carbocycles. The van der Waals surface area contributed by atoms with Crippen LogP contribution in [0.4, 0.5) is 5.69 Å². The number of rotatable bonds is 7. The van der Waals surface area contributed by atoms with Crippen LogP contribution >= 0.6 is 23.2 Å². The Bertz CT molecular complexity index is 1010. The van der Waals surface area contributed by atoms with E-state index in [9.17, 15) is 13.2 Å². The molecule has 1 aliphatic rings. The van der Waals surface area contributed by atoms with E-state index >= 15 is 0 Å². The molecule has 0 aromatic heterocycles. The first kappa shape index (κ1) is 21.9. The number of hydrogen-bond acceptors (Lipinski definition) is 4. The number of amides is 1. The molecule has 1 amide bonds. The number of carbonyl (C=O) groups is 1. The van der Waals surface area contributed by atoms with Crippen molar-refractivity contribution in [3.05, 3.63) is 52.0 Å². The lowest BCUT2D eigenvalue weighted by molar-refractivity contribution is -0.116. The quantitative estimate of drug-likeness (QED) is 0.671. The lowest BCUT2D eigenvalue weighted by Crippen LogP contribution is -2.28.